The van der Waals surface area contributed by atoms with Gasteiger partial charge in [0, 0.05) is 30.7 Å². The first-order valence-electron chi connectivity index (χ1n) is 7.74. The third-order valence-corrected chi connectivity index (χ3v) is 5.16. The van der Waals surface area contributed by atoms with E-state index in [2.05, 4.69) is 51.8 Å². The Morgan fingerprint density at radius 3 is 2.33 bits per heavy atom. The topological polar surface area (TPSA) is 15.3 Å². The molecule has 2 rings (SSSR count). The molecule has 2 heteroatoms. The molecule has 0 aromatic carbocycles. The summed E-state index contributed by atoms with van der Waals surface area (Å²) in [6.07, 6.45) is 4.20. The fourth-order valence-corrected chi connectivity index (χ4v) is 4.01. The van der Waals surface area contributed by atoms with Crippen LogP contribution in [0.1, 0.15) is 60.8 Å². The summed E-state index contributed by atoms with van der Waals surface area (Å²) in [5.74, 6) is 0.741. The monoisotopic (exact) mass is 252 g/mol. The van der Waals surface area contributed by atoms with Crippen LogP contribution in [0.15, 0.2) is 0 Å². The van der Waals surface area contributed by atoms with Crippen molar-refractivity contribution >= 4 is 0 Å². The lowest BCUT2D eigenvalue weighted by Crippen LogP contribution is -2.66. The zero-order valence-corrected chi connectivity index (χ0v) is 13.2. The van der Waals surface area contributed by atoms with Gasteiger partial charge in [-0.05, 0) is 38.0 Å². The summed E-state index contributed by atoms with van der Waals surface area (Å²) in [7, 11) is 0. The maximum Gasteiger partial charge on any atom is 0.0253 e. The lowest BCUT2D eigenvalue weighted by molar-refractivity contribution is -0.00201. The van der Waals surface area contributed by atoms with Crippen LogP contribution in [0.3, 0.4) is 0 Å². The number of hydrogen-bond donors (Lipinski definition) is 1. The van der Waals surface area contributed by atoms with Gasteiger partial charge in [0.05, 0.1) is 0 Å². The Labute approximate surface area is 114 Å². The SMILES string of the molecule is CC(C)C1CNC(C)(C)CN1C1CCCC1(C)C. The van der Waals surface area contributed by atoms with Crippen LogP contribution >= 0.6 is 0 Å². The predicted molar refractivity (Wildman–Crippen MR) is 78.8 cm³/mol. The van der Waals surface area contributed by atoms with Crippen molar-refractivity contribution < 1.29 is 0 Å². The van der Waals surface area contributed by atoms with Crippen LogP contribution in [-0.4, -0.2) is 35.6 Å². The molecule has 2 fully saturated rings. The van der Waals surface area contributed by atoms with Crippen LogP contribution in [0.25, 0.3) is 0 Å². The average molecular weight is 252 g/mol. The highest BCUT2D eigenvalue weighted by atomic mass is 15.3. The van der Waals surface area contributed by atoms with Gasteiger partial charge in [0.15, 0.2) is 0 Å². The number of nitrogens with one attached hydrogen (secondary N) is 1. The molecule has 1 saturated heterocycles. The molecule has 18 heavy (non-hydrogen) atoms. The van der Waals surface area contributed by atoms with E-state index < -0.39 is 0 Å². The molecule has 0 radical (unpaired) electrons. The molecule has 1 saturated carbocycles. The minimum atomic E-state index is 0.268. The molecule has 1 aliphatic heterocycles. The van der Waals surface area contributed by atoms with Crippen molar-refractivity contribution in [3.8, 4) is 0 Å². The Morgan fingerprint density at radius 2 is 1.83 bits per heavy atom. The number of rotatable bonds is 2. The average Bonchev–Trinajstić information content (AvgIpc) is 2.55. The van der Waals surface area contributed by atoms with Crippen LogP contribution < -0.4 is 5.32 Å². The van der Waals surface area contributed by atoms with Gasteiger partial charge in [0.25, 0.3) is 0 Å². The number of piperazine rings is 1. The quantitative estimate of drug-likeness (QED) is 0.811. The van der Waals surface area contributed by atoms with E-state index in [9.17, 15) is 0 Å². The van der Waals surface area contributed by atoms with Crippen molar-refractivity contribution in [2.45, 2.75) is 78.4 Å². The molecular formula is C16H32N2. The van der Waals surface area contributed by atoms with Gasteiger partial charge in [-0.2, -0.15) is 0 Å². The second-order valence-corrected chi connectivity index (χ2v) is 8.15. The Balaban J connectivity index is 2.20. The largest absolute Gasteiger partial charge is 0.309 e. The lowest BCUT2D eigenvalue weighted by Gasteiger charge is -2.51. The van der Waals surface area contributed by atoms with E-state index in [0.717, 1.165) is 18.5 Å². The van der Waals surface area contributed by atoms with Crippen molar-refractivity contribution in [1.82, 2.24) is 10.2 Å². The molecule has 0 bridgehead atoms. The fourth-order valence-electron chi connectivity index (χ4n) is 4.01. The Kier molecular flexibility index (Phi) is 3.81. The predicted octanol–water partition coefficient (Wildman–Crippen LogP) is 3.27. The molecule has 0 amide bonds. The van der Waals surface area contributed by atoms with E-state index in [1.54, 1.807) is 0 Å². The second kappa shape index (κ2) is 4.79. The van der Waals surface area contributed by atoms with Crippen molar-refractivity contribution in [2.24, 2.45) is 11.3 Å². The molecule has 2 aliphatic rings. The van der Waals surface area contributed by atoms with Crippen molar-refractivity contribution in [2.75, 3.05) is 13.1 Å². The Bertz CT molecular complexity index is 293. The highest BCUT2D eigenvalue weighted by molar-refractivity contribution is 5.01. The van der Waals surface area contributed by atoms with Crippen molar-refractivity contribution in [3.05, 3.63) is 0 Å². The zero-order chi connectivity index (χ0) is 13.6. The van der Waals surface area contributed by atoms with E-state index in [1.807, 2.05) is 0 Å². The highest BCUT2D eigenvalue weighted by Gasteiger charge is 2.45. The molecule has 106 valence electrons. The van der Waals surface area contributed by atoms with Gasteiger partial charge in [0.1, 0.15) is 0 Å². The van der Waals surface area contributed by atoms with Gasteiger partial charge in [-0.15, -0.1) is 0 Å². The Hall–Kier alpha value is -0.0800. The molecular weight excluding hydrogens is 220 g/mol. The minimum absolute atomic E-state index is 0.268. The summed E-state index contributed by atoms with van der Waals surface area (Å²) in [5, 5.41) is 3.73. The normalized spacial score (nSPS) is 36.2. The molecule has 0 aromatic rings. The Morgan fingerprint density at radius 1 is 1.17 bits per heavy atom. The van der Waals surface area contributed by atoms with Crippen molar-refractivity contribution in [1.29, 1.82) is 0 Å². The van der Waals surface area contributed by atoms with Crippen LogP contribution in [0.4, 0.5) is 0 Å². The minimum Gasteiger partial charge on any atom is -0.309 e. The molecule has 2 atom stereocenters. The van der Waals surface area contributed by atoms with E-state index in [-0.39, 0.29) is 5.54 Å². The van der Waals surface area contributed by atoms with Gasteiger partial charge in [-0.1, -0.05) is 34.1 Å². The number of nitrogens with zero attached hydrogens (tertiary/aromatic N) is 1. The standard InChI is InChI=1S/C16H32N2/c1-12(2)13-10-17-16(5,6)11-18(13)14-8-7-9-15(14,3)4/h12-14,17H,7-11H2,1-6H3. The van der Waals surface area contributed by atoms with Crippen LogP contribution in [-0.2, 0) is 0 Å². The fraction of sp³-hybridized carbons (Fsp3) is 1.00. The van der Waals surface area contributed by atoms with Gasteiger partial charge in [0.2, 0.25) is 0 Å². The number of hydrogen-bond acceptors (Lipinski definition) is 2. The lowest BCUT2D eigenvalue weighted by atomic mass is 9.82. The van der Waals surface area contributed by atoms with E-state index >= 15 is 0 Å². The van der Waals surface area contributed by atoms with Crippen LogP contribution in [0.5, 0.6) is 0 Å². The third kappa shape index (κ3) is 2.75. The molecule has 2 nitrogen and oxygen atoms in total. The van der Waals surface area contributed by atoms with Gasteiger partial charge >= 0.3 is 0 Å². The van der Waals surface area contributed by atoms with Gasteiger partial charge in [-0.25, -0.2) is 0 Å². The molecule has 0 aromatic heterocycles. The molecule has 2 unspecified atom stereocenters. The maximum absolute atomic E-state index is 3.73. The third-order valence-electron chi connectivity index (χ3n) is 5.16. The van der Waals surface area contributed by atoms with Crippen LogP contribution in [0.2, 0.25) is 0 Å². The second-order valence-electron chi connectivity index (χ2n) is 8.15. The summed E-state index contributed by atoms with van der Waals surface area (Å²) < 4.78 is 0. The van der Waals surface area contributed by atoms with Crippen LogP contribution in [0, 0.1) is 11.3 Å². The summed E-state index contributed by atoms with van der Waals surface area (Å²) in [5.41, 5.74) is 0.768. The summed E-state index contributed by atoms with van der Waals surface area (Å²) >= 11 is 0. The summed E-state index contributed by atoms with van der Waals surface area (Å²) in [6.45, 7) is 16.7. The van der Waals surface area contributed by atoms with Crippen molar-refractivity contribution in [3.63, 3.8) is 0 Å². The van der Waals surface area contributed by atoms with E-state index in [1.165, 1.54) is 25.8 Å². The summed E-state index contributed by atoms with van der Waals surface area (Å²) in [6, 6.07) is 1.49. The summed E-state index contributed by atoms with van der Waals surface area (Å²) in [4.78, 5) is 2.84. The molecule has 0 spiro atoms. The smallest absolute Gasteiger partial charge is 0.0253 e. The first-order chi connectivity index (χ1) is 8.23. The molecule has 1 heterocycles. The van der Waals surface area contributed by atoms with Gasteiger partial charge in [-0.3, -0.25) is 4.90 Å². The zero-order valence-electron chi connectivity index (χ0n) is 13.2. The maximum atomic E-state index is 3.73. The van der Waals surface area contributed by atoms with E-state index in [0.29, 0.717) is 11.5 Å². The highest BCUT2D eigenvalue weighted by Crippen LogP contribution is 2.42. The van der Waals surface area contributed by atoms with E-state index in [4.69, 9.17) is 0 Å². The molecule has 1 aliphatic carbocycles. The molecule has 1 N–H and O–H groups in total. The van der Waals surface area contributed by atoms with Gasteiger partial charge < -0.3 is 5.32 Å². The first-order valence-corrected chi connectivity index (χ1v) is 7.74. The first kappa shape index (κ1) is 14.3.